The molecule has 222 valence electrons. The molecule has 0 N–H and O–H groups in total. The molecule has 0 aromatic rings. The van der Waals surface area contributed by atoms with Crippen LogP contribution in [0.15, 0.2) is 23.8 Å². The second kappa shape index (κ2) is 8.42. The van der Waals surface area contributed by atoms with Gasteiger partial charge < -0.3 is 28.4 Å². The lowest BCUT2D eigenvalue weighted by Crippen LogP contribution is -2.74. The molecule has 1 spiro atoms. The van der Waals surface area contributed by atoms with E-state index in [2.05, 4.69) is 6.92 Å². The quantitative estimate of drug-likeness (QED) is 0.280. The third-order valence-electron chi connectivity index (χ3n) is 11.0. The van der Waals surface area contributed by atoms with Crippen LogP contribution in [0, 0.1) is 28.1 Å². The average molecular weight is 573 g/mol. The maximum Gasteiger partial charge on any atom is 0.339 e. The number of ether oxygens (including phenoxy) is 6. The fourth-order valence-corrected chi connectivity index (χ4v) is 9.56. The van der Waals surface area contributed by atoms with Gasteiger partial charge in [-0.3, -0.25) is 9.59 Å². The Morgan fingerprint density at radius 1 is 0.902 bits per heavy atom. The molecule has 11 nitrogen and oxygen atoms in total. The maximum absolute atomic E-state index is 13.5. The zero-order valence-electron chi connectivity index (χ0n) is 24.3. The van der Waals surface area contributed by atoms with Gasteiger partial charge in [-0.25, -0.2) is 14.4 Å². The molecule has 4 fully saturated rings. The molecule has 0 bridgehead atoms. The summed E-state index contributed by atoms with van der Waals surface area (Å²) in [6.45, 7) is 12.4. The van der Waals surface area contributed by atoms with Gasteiger partial charge in [0.2, 0.25) is 0 Å². The van der Waals surface area contributed by atoms with E-state index in [1.54, 1.807) is 0 Å². The molecule has 11 heteroatoms. The first-order chi connectivity index (χ1) is 19.0. The summed E-state index contributed by atoms with van der Waals surface area (Å²) in [7, 11) is 0. The van der Waals surface area contributed by atoms with Crippen molar-refractivity contribution in [2.45, 2.75) is 104 Å². The number of epoxide rings is 1. The fourth-order valence-electron chi connectivity index (χ4n) is 9.56. The number of hydrogen-bond donors (Lipinski definition) is 0. The molecule has 0 unspecified atom stereocenters. The number of fused-ring (bicyclic) bond motifs is 3. The summed E-state index contributed by atoms with van der Waals surface area (Å²) < 4.78 is 34.9. The van der Waals surface area contributed by atoms with Gasteiger partial charge in [0.05, 0.1) is 5.57 Å². The van der Waals surface area contributed by atoms with Gasteiger partial charge >= 0.3 is 29.8 Å². The van der Waals surface area contributed by atoms with Gasteiger partial charge in [-0.1, -0.05) is 26.8 Å². The number of carbonyl (C=O) groups is 5. The SMILES string of the molecule is CC(=O)O[C@H]1OC(=O)C=C1[C@@H]1OC(=O)[C@H]2O[C@]23[C@]2(C)[C@@H](OC(C)=O)C[C@H]4C(C)(C)OC(=O)C=C[C@]4(C)[C@H]2CC[C@@]13C. The van der Waals surface area contributed by atoms with Crippen LogP contribution in [0.4, 0.5) is 0 Å². The second-order valence-corrected chi connectivity index (χ2v) is 13.5. The van der Waals surface area contributed by atoms with E-state index in [0.29, 0.717) is 19.3 Å². The molecule has 0 radical (unpaired) electrons. The molecule has 6 rings (SSSR count). The Labute approximate surface area is 237 Å². The molecule has 4 aliphatic heterocycles. The van der Waals surface area contributed by atoms with Gasteiger partial charge in [0, 0.05) is 42.7 Å². The number of cyclic esters (lactones) is 3. The Kier molecular flexibility index (Phi) is 5.74. The van der Waals surface area contributed by atoms with Crippen molar-refractivity contribution in [1.29, 1.82) is 0 Å². The van der Waals surface area contributed by atoms with Crippen LogP contribution < -0.4 is 0 Å². The zero-order chi connectivity index (χ0) is 29.9. The minimum absolute atomic E-state index is 0.201. The zero-order valence-corrected chi connectivity index (χ0v) is 24.3. The van der Waals surface area contributed by atoms with Crippen LogP contribution in [0.5, 0.6) is 0 Å². The summed E-state index contributed by atoms with van der Waals surface area (Å²) in [6, 6.07) is 0. The minimum atomic E-state index is -1.33. The molecule has 6 aliphatic rings. The lowest BCUT2D eigenvalue weighted by Gasteiger charge is -2.67. The van der Waals surface area contributed by atoms with E-state index in [4.69, 9.17) is 28.4 Å². The molecule has 0 aromatic heterocycles. The van der Waals surface area contributed by atoms with Gasteiger partial charge in [-0.15, -0.1) is 0 Å². The molecular weight excluding hydrogens is 536 g/mol. The first-order valence-corrected chi connectivity index (χ1v) is 14.1. The molecule has 41 heavy (non-hydrogen) atoms. The highest BCUT2D eigenvalue weighted by Gasteiger charge is 2.88. The van der Waals surface area contributed by atoms with Gasteiger partial charge in [0.1, 0.15) is 23.4 Å². The van der Waals surface area contributed by atoms with Crippen molar-refractivity contribution in [1.82, 2.24) is 0 Å². The van der Waals surface area contributed by atoms with E-state index in [9.17, 15) is 24.0 Å². The highest BCUT2D eigenvalue weighted by atomic mass is 16.7. The first kappa shape index (κ1) is 27.9. The first-order valence-electron chi connectivity index (χ1n) is 14.1. The third kappa shape index (κ3) is 3.50. The molecular formula is C30H36O11. The van der Waals surface area contributed by atoms with Crippen molar-refractivity contribution in [3.8, 4) is 0 Å². The summed E-state index contributed by atoms with van der Waals surface area (Å²) in [4.78, 5) is 62.9. The van der Waals surface area contributed by atoms with Gasteiger partial charge in [0.25, 0.3) is 6.29 Å². The summed E-state index contributed by atoms with van der Waals surface area (Å²) >= 11 is 0. The molecule has 4 heterocycles. The molecule has 2 saturated carbocycles. The maximum atomic E-state index is 13.5. The molecule has 2 aliphatic carbocycles. The summed E-state index contributed by atoms with van der Waals surface area (Å²) in [6.07, 6.45) is 2.10. The van der Waals surface area contributed by atoms with Crippen LogP contribution in [0.3, 0.4) is 0 Å². The second-order valence-electron chi connectivity index (χ2n) is 13.5. The fraction of sp³-hybridized carbons (Fsp3) is 0.700. The molecule has 10 atom stereocenters. The largest absolute Gasteiger partial charge is 0.462 e. The van der Waals surface area contributed by atoms with Gasteiger partial charge in [-0.05, 0) is 44.4 Å². The highest BCUT2D eigenvalue weighted by molar-refractivity contribution is 5.88. The number of carbonyl (C=O) groups excluding carboxylic acids is 5. The summed E-state index contributed by atoms with van der Waals surface area (Å²) in [5, 5.41) is 0. The monoisotopic (exact) mass is 572 g/mol. The molecule has 0 aromatic carbocycles. The highest BCUT2D eigenvalue weighted by Crippen LogP contribution is 2.78. The Balaban J connectivity index is 1.52. The van der Waals surface area contributed by atoms with Crippen molar-refractivity contribution < 1.29 is 52.4 Å². The Morgan fingerprint density at radius 3 is 2.24 bits per heavy atom. The van der Waals surface area contributed by atoms with Crippen molar-refractivity contribution in [3.05, 3.63) is 23.8 Å². The smallest absolute Gasteiger partial charge is 0.339 e. The van der Waals surface area contributed by atoms with E-state index in [-0.39, 0.29) is 17.4 Å². The number of esters is 5. The summed E-state index contributed by atoms with van der Waals surface area (Å²) in [5.41, 5.74) is -4.21. The van der Waals surface area contributed by atoms with E-state index >= 15 is 0 Å². The normalized spacial score (nSPS) is 47.1. The number of hydrogen-bond acceptors (Lipinski definition) is 11. The van der Waals surface area contributed by atoms with Crippen LogP contribution in [0.25, 0.3) is 0 Å². The Morgan fingerprint density at radius 2 is 1.59 bits per heavy atom. The lowest BCUT2D eigenvalue weighted by atomic mass is 9.37. The van der Waals surface area contributed by atoms with E-state index in [0.717, 1.165) is 0 Å². The van der Waals surface area contributed by atoms with E-state index in [1.807, 2.05) is 33.8 Å². The average Bonchev–Trinajstić information content (AvgIpc) is 3.55. The molecule has 2 saturated heterocycles. The number of allylic oxidation sites excluding steroid dienone is 1. The lowest BCUT2D eigenvalue weighted by molar-refractivity contribution is -0.254. The van der Waals surface area contributed by atoms with Crippen LogP contribution in [-0.2, 0) is 52.4 Å². The molecule has 0 amide bonds. The minimum Gasteiger partial charge on any atom is -0.462 e. The predicted molar refractivity (Wildman–Crippen MR) is 137 cm³/mol. The van der Waals surface area contributed by atoms with Crippen molar-refractivity contribution >= 4 is 29.8 Å². The third-order valence-corrected chi connectivity index (χ3v) is 11.0. The summed E-state index contributed by atoms with van der Waals surface area (Å²) in [5.74, 6) is -3.30. The Hall–Kier alpha value is -3.21. The van der Waals surface area contributed by atoms with Gasteiger partial charge in [-0.2, -0.15) is 0 Å². The van der Waals surface area contributed by atoms with E-state index < -0.39 is 81.9 Å². The van der Waals surface area contributed by atoms with E-state index in [1.165, 1.54) is 26.0 Å². The topological polar surface area (TPSA) is 144 Å². The van der Waals surface area contributed by atoms with Crippen LogP contribution in [0.2, 0.25) is 0 Å². The Bertz CT molecular complexity index is 1330. The van der Waals surface area contributed by atoms with Crippen molar-refractivity contribution in [3.63, 3.8) is 0 Å². The van der Waals surface area contributed by atoms with Crippen LogP contribution in [0.1, 0.15) is 67.7 Å². The van der Waals surface area contributed by atoms with Crippen molar-refractivity contribution in [2.24, 2.45) is 28.1 Å². The van der Waals surface area contributed by atoms with Crippen LogP contribution >= 0.6 is 0 Å². The van der Waals surface area contributed by atoms with Gasteiger partial charge in [0.15, 0.2) is 6.10 Å². The predicted octanol–water partition coefficient (Wildman–Crippen LogP) is 2.69. The van der Waals surface area contributed by atoms with Crippen molar-refractivity contribution in [2.75, 3.05) is 0 Å². The number of rotatable bonds is 3. The van der Waals surface area contributed by atoms with Crippen LogP contribution in [-0.4, -0.2) is 65.7 Å². The standard InChI is InChI=1S/C30H36O11/c1-14(31)36-19-13-18-26(3,4)40-20(33)9-10-27(18,5)17-8-11-28(6)22(16-12-21(34)38-25(16)37-15(2)32)39-24(35)23-30(28,41-23)29(17,19)7/h9-10,12,17-19,22-23,25H,8,11,13H2,1-7H3/t17-,18+,19+,22+,23-,25+,27-,28+,29+,30-/m1/s1.